The number of hydrogen-bond donors (Lipinski definition) is 2. The highest BCUT2D eigenvalue weighted by atomic mass is 32.2. The molecule has 0 spiro atoms. The van der Waals surface area contributed by atoms with Gasteiger partial charge in [0.05, 0.1) is 0 Å². The second kappa shape index (κ2) is 10.8. The van der Waals surface area contributed by atoms with E-state index in [-0.39, 0.29) is 0 Å². The third-order valence-electron chi connectivity index (χ3n) is 6.73. The highest BCUT2D eigenvalue weighted by Crippen LogP contribution is 2.32. The molecule has 0 atom stereocenters. The van der Waals surface area contributed by atoms with Crippen LogP contribution in [0.4, 0.5) is 17.6 Å². The Kier molecular flexibility index (Phi) is 6.92. The number of piperazine rings is 1. The van der Waals surface area contributed by atoms with Crippen molar-refractivity contribution in [1.82, 2.24) is 25.3 Å². The van der Waals surface area contributed by atoms with Gasteiger partial charge < -0.3 is 20.4 Å². The summed E-state index contributed by atoms with van der Waals surface area (Å²) >= 11 is 0. The van der Waals surface area contributed by atoms with E-state index in [1.165, 1.54) is 0 Å². The first-order chi connectivity index (χ1) is 18.2. The molecule has 0 amide bonds. The van der Waals surface area contributed by atoms with E-state index in [1.54, 1.807) is 0 Å². The number of rotatable bonds is 6. The van der Waals surface area contributed by atoms with E-state index < -0.39 is 10.8 Å². The van der Waals surface area contributed by atoms with Crippen LogP contribution in [0, 0.1) is 0 Å². The van der Waals surface area contributed by atoms with Gasteiger partial charge in [-0.15, -0.1) is 0 Å². The Bertz CT molecular complexity index is 1390. The van der Waals surface area contributed by atoms with Crippen LogP contribution in [0.5, 0.6) is 0 Å². The Morgan fingerprint density at radius 3 is 2.24 bits per heavy atom. The lowest BCUT2D eigenvalue weighted by molar-refractivity contribution is 0.580. The predicted molar refractivity (Wildman–Crippen MR) is 150 cm³/mol. The molecule has 2 N–H and O–H groups in total. The molecule has 0 bridgehead atoms. The van der Waals surface area contributed by atoms with Crippen LogP contribution in [0.2, 0.25) is 0 Å². The molecular weight excluding hydrogens is 484 g/mol. The zero-order valence-electron chi connectivity index (χ0n) is 20.6. The first kappa shape index (κ1) is 23.7. The van der Waals surface area contributed by atoms with Gasteiger partial charge in [0.15, 0.2) is 22.8 Å². The van der Waals surface area contributed by atoms with Gasteiger partial charge in [-0.3, -0.25) is 4.21 Å². The molecule has 2 fully saturated rings. The lowest BCUT2D eigenvalue weighted by Crippen LogP contribution is -2.44. The van der Waals surface area contributed by atoms with Crippen LogP contribution in [0.15, 0.2) is 60.7 Å². The Hall–Kier alpha value is -3.63. The van der Waals surface area contributed by atoms with Gasteiger partial charge in [0.1, 0.15) is 5.69 Å². The molecule has 4 heterocycles. The van der Waals surface area contributed by atoms with Crippen molar-refractivity contribution in [2.24, 2.45) is 0 Å². The summed E-state index contributed by atoms with van der Waals surface area (Å²) in [5, 5.41) is 6.90. The summed E-state index contributed by atoms with van der Waals surface area (Å²) in [5.74, 6) is 3.40. The summed E-state index contributed by atoms with van der Waals surface area (Å²) in [5.41, 5.74) is 4.15. The molecule has 2 saturated heterocycles. The normalized spacial score (nSPS) is 16.8. The number of hydrogen-bond acceptors (Lipinski definition) is 9. The molecule has 190 valence electrons. The summed E-state index contributed by atoms with van der Waals surface area (Å²) in [7, 11) is -0.787. The zero-order valence-corrected chi connectivity index (χ0v) is 21.5. The fourth-order valence-corrected chi connectivity index (χ4v) is 5.75. The van der Waals surface area contributed by atoms with Crippen LogP contribution in [-0.2, 0) is 17.3 Å². The van der Waals surface area contributed by atoms with Crippen molar-refractivity contribution in [3.63, 3.8) is 0 Å². The molecule has 0 radical (unpaired) electrons. The van der Waals surface area contributed by atoms with Crippen LogP contribution < -0.4 is 20.4 Å². The number of benzene rings is 2. The summed E-state index contributed by atoms with van der Waals surface area (Å²) in [6.07, 6.45) is 0. The molecule has 0 saturated carbocycles. The Balaban J connectivity index is 1.48. The number of nitrogens with zero attached hydrogens (tertiary/aromatic N) is 6. The molecule has 0 aliphatic carbocycles. The van der Waals surface area contributed by atoms with E-state index in [1.807, 2.05) is 48.5 Å². The van der Waals surface area contributed by atoms with Crippen molar-refractivity contribution in [2.45, 2.75) is 6.54 Å². The van der Waals surface area contributed by atoms with Gasteiger partial charge in [-0.05, 0) is 5.56 Å². The molecule has 0 unspecified atom stereocenters. The van der Waals surface area contributed by atoms with Crippen LogP contribution in [0.3, 0.4) is 0 Å². The van der Waals surface area contributed by atoms with Crippen molar-refractivity contribution < 1.29 is 4.21 Å². The van der Waals surface area contributed by atoms with E-state index in [2.05, 4.69) is 32.6 Å². The van der Waals surface area contributed by atoms with Crippen molar-refractivity contribution >= 4 is 39.5 Å². The smallest absolute Gasteiger partial charge is 0.229 e. The minimum Gasteiger partial charge on any atom is -0.364 e. The minimum atomic E-state index is -0.787. The quantitative estimate of drug-likeness (QED) is 0.402. The summed E-state index contributed by atoms with van der Waals surface area (Å²) < 4.78 is 12.1. The van der Waals surface area contributed by atoms with E-state index >= 15 is 0 Å². The van der Waals surface area contributed by atoms with E-state index in [0.29, 0.717) is 54.1 Å². The van der Waals surface area contributed by atoms with Gasteiger partial charge >= 0.3 is 0 Å². The van der Waals surface area contributed by atoms with Crippen molar-refractivity contribution in [1.29, 1.82) is 0 Å². The molecular formula is C27H30N8OS. The summed E-state index contributed by atoms with van der Waals surface area (Å²) in [6.45, 7) is 5.44. The van der Waals surface area contributed by atoms with E-state index in [9.17, 15) is 4.21 Å². The average Bonchev–Trinajstić information content (AvgIpc) is 2.97. The molecule has 2 aromatic carbocycles. The maximum Gasteiger partial charge on any atom is 0.229 e. The minimum absolute atomic E-state index is 0.570. The standard InChI is InChI=1S/C27H30N8OS/c36-37-17-15-34(16-18-37)26-23-25(32-27(33-26)35-13-11-28-12-14-35)31-24(29-19-20-7-3-1-4-8-20)22(30-23)21-9-5-2-6-10-21/h1-10,28H,11-19H2,(H,29,31,32,33). The first-order valence-corrected chi connectivity index (χ1v) is 14.2. The molecule has 6 rings (SSSR count). The zero-order chi connectivity index (χ0) is 25.0. The second-order valence-electron chi connectivity index (χ2n) is 9.22. The van der Waals surface area contributed by atoms with Gasteiger partial charge in [0.25, 0.3) is 0 Å². The Labute approximate surface area is 218 Å². The number of fused-ring (bicyclic) bond motifs is 1. The molecule has 2 aliphatic heterocycles. The largest absolute Gasteiger partial charge is 0.364 e. The monoisotopic (exact) mass is 514 g/mol. The molecule has 9 nitrogen and oxygen atoms in total. The Morgan fingerprint density at radius 1 is 0.811 bits per heavy atom. The van der Waals surface area contributed by atoms with Gasteiger partial charge in [-0.25, -0.2) is 9.97 Å². The van der Waals surface area contributed by atoms with Crippen LogP contribution in [0.25, 0.3) is 22.4 Å². The maximum absolute atomic E-state index is 12.1. The topological polar surface area (TPSA) is 99.2 Å². The SMILES string of the molecule is O=S1CCN(c2nc(N3CCNCC3)nc3nc(NCc4ccccc4)c(-c4ccccc4)nc23)CC1. The van der Waals surface area contributed by atoms with Crippen molar-refractivity contribution in [3.05, 3.63) is 66.2 Å². The molecule has 4 aromatic rings. The molecule has 2 aromatic heterocycles. The lowest BCUT2D eigenvalue weighted by atomic mass is 10.1. The number of nitrogens with one attached hydrogen (secondary N) is 2. The molecule has 37 heavy (non-hydrogen) atoms. The number of anilines is 3. The fraction of sp³-hybridized carbons (Fsp3) is 0.333. The van der Waals surface area contributed by atoms with Crippen LogP contribution >= 0.6 is 0 Å². The lowest BCUT2D eigenvalue weighted by Gasteiger charge is -2.31. The molecule has 2 aliphatic rings. The number of aromatic nitrogens is 4. The predicted octanol–water partition coefficient (Wildman–Crippen LogP) is 2.68. The third kappa shape index (κ3) is 5.26. The second-order valence-corrected chi connectivity index (χ2v) is 10.9. The molecule has 10 heteroatoms. The summed E-state index contributed by atoms with van der Waals surface area (Å²) in [6, 6.07) is 20.4. The fourth-order valence-electron chi connectivity index (χ4n) is 4.70. The Morgan fingerprint density at radius 2 is 1.51 bits per heavy atom. The van der Waals surface area contributed by atoms with Gasteiger partial charge in [-0.1, -0.05) is 60.7 Å². The maximum atomic E-state index is 12.1. The third-order valence-corrected chi connectivity index (χ3v) is 8.00. The highest BCUT2D eigenvalue weighted by molar-refractivity contribution is 7.85. The summed E-state index contributed by atoms with van der Waals surface area (Å²) in [4.78, 5) is 24.5. The average molecular weight is 515 g/mol. The van der Waals surface area contributed by atoms with Crippen LogP contribution in [-0.4, -0.2) is 74.9 Å². The van der Waals surface area contributed by atoms with Gasteiger partial charge in [0, 0.05) is 73.7 Å². The van der Waals surface area contributed by atoms with Crippen LogP contribution in [0.1, 0.15) is 5.56 Å². The van der Waals surface area contributed by atoms with Gasteiger partial charge in [-0.2, -0.15) is 9.97 Å². The van der Waals surface area contributed by atoms with E-state index in [0.717, 1.165) is 48.8 Å². The highest BCUT2D eigenvalue weighted by Gasteiger charge is 2.25. The van der Waals surface area contributed by atoms with E-state index in [4.69, 9.17) is 19.9 Å². The van der Waals surface area contributed by atoms with Crippen molar-refractivity contribution in [3.8, 4) is 11.3 Å². The first-order valence-electron chi connectivity index (χ1n) is 12.7. The van der Waals surface area contributed by atoms with Gasteiger partial charge in [0.2, 0.25) is 5.95 Å². The van der Waals surface area contributed by atoms with Crippen molar-refractivity contribution in [2.75, 3.05) is 65.9 Å².